The molecule has 1 amide bonds. The highest BCUT2D eigenvalue weighted by molar-refractivity contribution is 7.17. The lowest BCUT2D eigenvalue weighted by atomic mass is 10.2. The monoisotopic (exact) mass is 247 g/mol. The molecular formula is C9H14ClN3OS. The molecule has 0 aromatic carbocycles. The van der Waals surface area contributed by atoms with Crippen LogP contribution in [-0.4, -0.2) is 34.1 Å². The van der Waals surface area contributed by atoms with Crippen molar-refractivity contribution < 1.29 is 4.79 Å². The molecule has 0 radical (unpaired) electrons. The smallest absolute Gasteiger partial charge is 0.284 e. The van der Waals surface area contributed by atoms with E-state index in [0.717, 1.165) is 24.2 Å². The number of hydrogen-bond acceptors (Lipinski definition) is 4. The molecule has 0 aliphatic rings. The average molecular weight is 248 g/mol. The van der Waals surface area contributed by atoms with Gasteiger partial charge in [-0.25, -0.2) is 0 Å². The molecule has 1 atom stereocenters. The number of rotatable bonds is 4. The maximum Gasteiger partial charge on any atom is 0.284 e. The van der Waals surface area contributed by atoms with E-state index >= 15 is 0 Å². The third kappa shape index (κ3) is 3.14. The van der Waals surface area contributed by atoms with E-state index < -0.39 is 0 Å². The van der Waals surface area contributed by atoms with Crippen molar-refractivity contribution in [3.63, 3.8) is 0 Å². The molecule has 1 aromatic rings. The highest BCUT2D eigenvalue weighted by atomic mass is 35.5. The van der Waals surface area contributed by atoms with Crippen LogP contribution in [0.4, 0.5) is 0 Å². The van der Waals surface area contributed by atoms with Crippen molar-refractivity contribution in [2.24, 2.45) is 0 Å². The van der Waals surface area contributed by atoms with E-state index in [-0.39, 0.29) is 11.9 Å². The van der Waals surface area contributed by atoms with Crippen molar-refractivity contribution in [2.75, 3.05) is 7.05 Å². The van der Waals surface area contributed by atoms with Gasteiger partial charge in [-0.2, -0.15) is 0 Å². The van der Waals surface area contributed by atoms with Crippen molar-refractivity contribution in [1.82, 2.24) is 15.1 Å². The van der Waals surface area contributed by atoms with Crippen LogP contribution < -0.4 is 0 Å². The van der Waals surface area contributed by atoms with Gasteiger partial charge in [-0.1, -0.05) is 24.7 Å². The highest BCUT2D eigenvalue weighted by Crippen LogP contribution is 2.17. The second-order valence-electron chi connectivity index (χ2n) is 3.41. The normalized spacial score (nSPS) is 12.5. The zero-order chi connectivity index (χ0) is 11.4. The Morgan fingerprint density at radius 1 is 1.60 bits per heavy atom. The molecular weight excluding hydrogens is 234 g/mol. The van der Waals surface area contributed by atoms with E-state index in [1.165, 1.54) is 0 Å². The van der Waals surface area contributed by atoms with Gasteiger partial charge < -0.3 is 4.90 Å². The van der Waals surface area contributed by atoms with Crippen LogP contribution in [0.15, 0.2) is 0 Å². The maximum absolute atomic E-state index is 11.8. The lowest BCUT2D eigenvalue weighted by Gasteiger charge is -2.23. The van der Waals surface area contributed by atoms with Crippen LogP contribution in [0.2, 0.25) is 4.47 Å². The molecule has 1 unspecified atom stereocenters. The third-order valence-corrected chi connectivity index (χ3v) is 3.28. The first-order valence-electron chi connectivity index (χ1n) is 4.82. The Morgan fingerprint density at radius 3 is 2.73 bits per heavy atom. The van der Waals surface area contributed by atoms with Gasteiger partial charge in [-0.15, -0.1) is 10.2 Å². The Hall–Kier alpha value is -0.680. The largest absolute Gasteiger partial charge is 0.337 e. The second kappa shape index (κ2) is 5.42. The van der Waals surface area contributed by atoms with E-state index in [0.29, 0.717) is 9.47 Å². The number of halogens is 1. The molecule has 0 N–H and O–H groups in total. The summed E-state index contributed by atoms with van der Waals surface area (Å²) in [5, 5.41) is 7.69. The zero-order valence-electron chi connectivity index (χ0n) is 9.03. The maximum atomic E-state index is 11.8. The van der Waals surface area contributed by atoms with Gasteiger partial charge in [-0.3, -0.25) is 4.79 Å². The Kier molecular flexibility index (Phi) is 4.47. The fourth-order valence-electron chi connectivity index (χ4n) is 1.25. The summed E-state index contributed by atoms with van der Waals surface area (Å²) in [6.07, 6.45) is 2.03. The molecule has 15 heavy (non-hydrogen) atoms. The van der Waals surface area contributed by atoms with Crippen molar-refractivity contribution in [3.05, 3.63) is 9.47 Å². The molecule has 0 spiro atoms. The Bertz CT molecular complexity index is 342. The predicted octanol–water partition coefficient (Wildman–Crippen LogP) is 2.45. The van der Waals surface area contributed by atoms with Crippen molar-refractivity contribution in [3.8, 4) is 0 Å². The van der Waals surface area contributed by atoms with Gasteiger partial charge in [0, 0.05) is 13.1 Å². The molecule has 1 aromatic heterocycles. The fourth-order valence-corrected chi connectivity index (χ4v) is 2.07. The second-order valence-corrected chi connectivity index (χ2v) is 4.97. The minimum Gasteiger partial charge on any atom is -0.337 e. The number of amides is 1. The summed E-state index contributed by atoms with van der Waals surface area (Å²) in [4.78, 5) is 13.5. The molecule has 84 valence electrons. The molecule has 1 rings (SSSR count). The summed E-state index contributed by atoms with van der Waals surface area (Å²) < 4.78 is 0.301. The summed E-state index contributed by atoms with van der Waals surface area (Å²) in [6.45, 7) is 4.11. The zero-order valence-corrected chi connectivity index (χ0v) is 10.6. The van der Waals surface area contributed by atoms with Crippen LogP contribution in [0.5, 0.6) is 0 Å². The van der Waals surface area contributed by atoms with Crippen LogP contribution in [0, 0.1) is 0 Å². The molecule has 0 aliphatic carbocycles. The van der Waals surface area contributed by atoms with Crippen molar-refractivity contribution in [2.45, 2.75) is 32.7 Å². The lowest BCUT2D eigenvalue weighted by molar-refractivity contribution is 0.0735. The molecule has 0 saturated heterocycles. The molecule has 0 saturated carbocycles. The average Bonchev–Trinajstić information content (AvgIpc) is 2.63. The minimum atomic E-state index is -0.111. The van der Waals surface area contributed by atoms with Crippen LogP contribution >= 0.6 is 22.9 Å². The van der Waals surface area contributed by atoms with Crippen molar-refractivity contribution >= 4 is 28.8 Å². The van der Waals surface area contributed by atoms with Crippen LogP contribution in [0.1, 0.15) is 36.5 Å². The van der Waals surface area contributed by atoms with Gasteiger partial charge in [0.2, 0.25) is 9.47 Å². The van der Waals surface area contributed by atoms with Crippen LogP contribution in [-0.2, 0) is 0 Å². The first kappa shape index (κ1) is 12.4. The summed E-state index contributed by atoms with van der Waals surface area (Å²) in [5.41, 5.74) is 0. The Balaban J connectivity index is 2.68. The minimum absolute atomic E-state index is 0.111. The first-order chi connectivity index (χ1) is 7.06. The molecule has 4 nitrogen and oxygen atoms in total. The lowest BCUT2D eigenvalue weighted by Crippen LogP contribution is -2.34. The van der Waals surface area contributed by atoms with Gasteiger partial charge in [0.15, 0.2) is 0 Å². The standard InChI is InChI=1S/C9H14ClN3OS/c1-4-5-6(2)13(3)8(14)7-11-12-9(10)15-7/h6H,4-5H2,1-3H3. The fraction of sp³-hybridized carbons (Fsp3) is 0.667. The van der Waals surface area contributed by atoms with Crippen molar-refractivity contribution in [1.29, 1.82) is 0 Å². The van der Waals surface area contributed by atoms with E-state index in [2.05, 4.69) is 17.1 Å². The topological polar surface area (TPSA) is 46.1 Å². The van der Waals surface area contributed by atoms with Gasteiger partial charge in [0.1, 0.15) is 0 Å². The molecule has 0 aliphatic heterocycles. The summed E-state index contributed by atoms with van der Waals surface area (Å²) in [5.74, 6) is -0.111. The van der Waals surface area contributed by atoms with E-state index in [4.69, 9.17) is 11.6 Å². The molecule has 6 heteroatoms. The van der Waals surface area contributed by atoms with Gasteiger partial charge in [0.05, 0.1) is 0 Å². The molecule has 1 heterocycles. The quantitative estimate of drug-likeness (QED) is 0.821. The van der Waals surface area contributed by atoms with Gasteiger partial charge in [0.25, 0.3) is 5.91 Å². The number of carbonyl (C=O) groups excluding carboxylic acids is 1. The summed E-state index contributed by atoms with van der Waals surface area (Å²) >= 11 is 6.74. The predicted molar refractivity (Wildman–Crippen MR) is 61.4 cm³/mol. The first-order valence-corrected chi connectivity index (χ1v) is 6.01. The number of aromatic nitrogens is 2. The Morgan fingerprint density at radius 2 is 2.27 bits per heavy atom. The van der Waals surface area contributed by atoms with Crippen LogP contribution in [0.25, 0.3) is 0 Å². The number of hydrogen-bond donors (Lipinski definition) is 0. The van der Waals surface area contributed by atoms with E-state index in [9.17, 15) is 4.79 Å². The number of nitrogens with zero attached hydrogens (tertiary/aromatic N) is 3. The summed E-state index contributed by atoms with van der Waals surface area (Å²) in [6, 6.07) is 0.213. The summed E-state index contributed by atoms with van der Waals surface area (Å²) in [7, 11) is 1.78. The van der Waals surface area contributed by atoms with Gasteiger partial charge in [-0.05, 0) is 24.9 Å². The van der Waals surface area contributed by atoms with E-state index in [1.807, 2.05) is 6.92 Å². The third-order valence-electron chi connectivity index (χ3n) is 2.27. The van der Waals surface area contributed by atoms with Crippen LogP contribution in [0.3, 0.4) is 0 Å². The van der Waals surface area contributed by atoms with Gasteiger partial charge >= 0.3 is 0 Å². The SMILES string of the molecule is CCCC(C)N(C)C(=O)c1nnc(Cl)s1. The molecule has 0 fully saturated rings. The Labute approximate surface area is 98.3 Å². The van der Waals surface area contributed by atoms with E-state index in [1.54, 1.807) is 11.9 Å². The highest BCUT2D eigenvalue weighted by Gasteiger charge is 2.20. The number of carbonyl (C=O) groups is 1. The molecule has 0 bridgehead atoms.